The lowest BCUT2D eigenvalue weighted by Crippen LogP contribution is -2.41. The van der Waals surface area contributed by atoms with Gasteiger partial charge in [0, 0.05) is 19.5 Å². The molecule has 0 aromatic heterocycles. The van der Waals surface area contributed by atoms with Crippen molar-refractivity contribution in [1.29, 1.82) is 0 Å². The Bertz CT molecular complexity index is 744. The number of carbonyl (C=O) groups excluding carboxylic acids is 1. The summed E-state index contributed by atoms with van der Waals surface area (Å²) in [7, 11) is -3.98. The molecule has 0 aliphatic heterocycles. The molecule has 1 saturated carbocycles. The molecule has 11 heteroatoms. The number of hydrogen-bond donors (Lipinski definition) is 3. The number of halogens is 3. The number of alkyl halides is 3. The first-order valence-electron chi connectivity index (χ1n) is 8.34. The summed E-state index contributed by atoms with van der Waals surface area (Å²) < 4.78 is 66.3. The zero-order chi connectivity index (χ0) is 20.1. The number of nitrogens with one attached hydrogen (secondary N) is 2. The van der Waals surface area contributed by atoms with Gasteiger partial charge in [-0.25, -0.2) is 13.1 Å². The number of carbonyl (C=O) groups is 1. The summed E-state index contributed by atoms with van der Waals surface area (Å²) in [6.07, 6.45) is -1.96. The molecule has 0 saturated heterocycles. The number of ether oxygens (including phenoxy) is 1. The number of benzene rings is 1. The molecule has 1 aliphatic rings. The van der Waals surface area contributed by atoms with Crippen molar-refractivity contribution < 1.29 is 36.2 Å². The Balaban J connectivity index is 1.79. The zero-order valence-corrected chi connectivity index (χ0v) is 15.2. The predicted octanol–water partition coefficient (Wildman–Crippen LogP) is 1.67. The smallest absolute Gasteiger partial charge is 0.406 e. The number of rotatable bonds is 8. The van der Waals surface area contributed by atoms with Crippen molar-refractivity contribution in [2.45, 2.75) is 49.0 Å². The maximum atomic E-state index is 12.1. The van der Waals surface area contributed by atoms with Crippen LogP contribution in [0.5, 0.6) is 5.75 Å². The van der Waals surface area contributed by atoms with Gasteiger partial charge in [0.15, 0.2) is 0 Å². The third kappa shape index (κ3) is 7.00. The van der Waals surface area contributed by atoms with Crippen molar-refractivity contribution in [3.05, 3.63) is 24.3 Å². The minimum Gasteiger partial charge on any atom is -0.406 e. The first-order valence-corrected chi connectivity index (χ1v) is 9.82. The van der Waals surface area contributed by atoms with Crippen LogP contribution in [-0.4, -0.2) is 44.5 Å². The summed E-state index contributed by atoms with van der Waals surface area (Å²) in [5.74, 6) is -0.947. The van der Waals surface area contributed by atoms with Crippen molar-refractivity contribution in [1.82, 2.24) is 10.0 Å². The molecule has 0 heterocycles. The average molecular weight is 410 g/mol. The molecule has 0 spiro atoms. The third-order valence-corrected chi connectivity index (χ3v) is 5.64. The van der Waals surface area contributed by atoms with E-state index in [2.05, 4.69) is 14.8 Å². The van der Waals surface area contributed by atoms with Gasteiger partial charge in [-0.15, -0.1) is 13.2 Å². The van der Waals surface area contributed by atoms with E-state index in [0.29, 0.717) is 12.8 Å². The maximum Gasteiger partial charge on any atom is 0.573 e. The van der Waals surface area contributed by atoms with Gasteiger partial charge in [-0.3, -0.25) is 4.79 Å². The fourth-order valence-electron chi connectivity index (χ4n) is 2.76. The highest BCUT2D eigenvalue weighted by Crippen LogP contribution is 2.28. The molecule has 27 heavy (non-hydrogen) atoms. The molecule has 152 valence electrons. The van der Waals surface area contributed by atoms with Gasteiger partial charge >= 0.3 is 6.36 Å². The molecular formula is C16H21F3N2O5S. The predicted molar refractivity (Wildman–Crippen MR) is 89.4 cm³/mol. The fourth-order valence-corrected chi connectivity index (χ4v) is 3.80. The molecule has 7 nitrogen and oxygen atoms in total. The Kier molecular flexibility index (Phi) is 6.71. The van der Waals surface area contributed by atoms with Crippen LogP contribution >= 0.6 is 0 Å². The molecule has 0 atom stereocenters. The molecule has 1 aromatic rings. The second kappa shape index (κ2) is 8.44. The minimum atomic E-state index is -4.86. The summed E-state index contributed by atoms with van der Waals surface area (Å²) in [5.41, 5.74) is -0.893. The van der Waals surface area contributed by atoms with Gasteiger partial charge in [-0.1, -0.05) is 12.8 Å². The first-order chi connectivity index (χ1) is 12.5. The largest absolute Gasteiger partial charge is 0.573 e. The van der Waals surface area contributed by atoms with Gasteiger partial charge in [0.2, 0.25) is 15.9 Å². The van der Waals surface area contributed by atoms with E-state index in [4.69, 9.17) is 0 Å². The average Bonchev–Trinajstić information content (AvgIpc) is 2.99. The van der Waals surface area contributed by atoms with Gasteiger partial charge in [0.05, 0.1) is 10.5 Å². The van der Waals surface area contributed by atoms with Crippen LogP contribution in [0.15, 0.2) is 29.2 Å². The number of hydrogen-bond acceptors (Lipinski definition) is 5. The van der Waals surface area contributed by atoms with Crippen LogP contribution in [0.2, 0.25) is 0 Å². The Labute approximate surface area is 155 Å². The summed E-state index contributed by atoms with van der Waals surface area (Å²) in [4.78, 5) is 11.5. The Hall–Kier alpha value is -1.85. The second-order valence-corrected chi connectivity index (χ2v) is 8.14. The Morgan fingerprint density at radius 1 is 1.19 bits per heavy atom. The molecule has 0 radical (unpaired) electrons. The van der Waals surface area contributed by atoms with Gasteiger partial charge < -0.3 is 15.2 Å². The van der Waals surface area contributed by atoms with Crippen molar-refractivity contribution >= 4 is 15.9 Å². The molecule has 0 bridgehead atoms. The van der Waals surface area contributed by atoms with E-state index >= 15 is 0 Å². The molecule has 1 fully saturated rings. The maximum absolute atomic E-state index is 12.1. The van der Waals surface area contributed by atoms with Gasteiger partial charge in [0.1, 0.15) is 5.75 Å². The van der Waals surface area contributed by atoms with E-state index in [1.807, 2.05) is 0 Å². The van der Waals surface area contributed by atoms with Crippen LogP contribution in [0.3, 0.4) is 0 Å². The number of sulfonamides is 1. The summed E-state index contributed by atoms with van der Waals surface area (Å²) in [5, 5.41) is 12.7. The van der Waals surface area contributed by atoms with Gasteiger partial charge in [0.25, 0.3) is 0 Å². The summed E-state index contributed by atoms with van der Waals surface area (Å²) in [6.45, 7) is -0.0628. The van der Waals surface area contributed by atoms with E-state index in [-0.39, 0.29) is 24.4 Å². The molecule has 3 N–H and O–H groups in total. The van der Waals surface area contributed by atoms with Crippen molar-refractivity contribution in [2.24, 2.45) is 0 Å². The minimum absolute atomic E-state index is 0.124. The topological polar surface area (TPSA) is 105 Å². The summed E-state index contributed by atoms with van der Waals surface area (Å²) in [6, 6.07) is 3.71. The molecule has 2 rings (SSSR count). The lowest BCUT2D eigenvalue weighted by molar-refractivity contribution is -0.274. The SMILES string of the molecule is O=C(CCNS(=O)(=O)c1ccc(OC(F)(F)F)cc1)NCC1(O)CCCC1. The fraction of sp³-hybridized carbons (Fsp3) is 0.562. The number of amides is 1. The van der Waals surface area contributed by atoms with Crippen LogP contribution in [0, 0.1) is 0 Å². The Morgan fingerprint density at radius 2 is 1.78 bits per heavy atom. The quantitative estimate of drug-likeness (QED) is 0.605. The molecule has 0 unspecified atom stereocenters. The van der Waals surface area contributed by atoms with Crippen molar-refractivity contribution in [3.8, 4) is 5.75 Å². The summed E-state index contributed by atoms with van der Waals surface area (Å²) >= 11 is 0. The van der Waals surface area contributed by atoms with Gasteiger partial charge in [-0.2, -0.15) is 0 Å². The van der Waals surface area contributed by atoms with E-state index < -0.39 is 33.6 Å². The first kappa shape index (κ1) is 21.5. The lowest BCUT2D eigenvalue weighted by Gasteiger charge is -2.22. The molecule has 1 amide bonds. The van der Waals surface area contributed by atoms with E-state index in [1.54, 1.807) is 0 Å². The molecule has 1 aromatic carbocycles. The third-order valence-electron chi connectivity index (χ3n) is 4.16. The van der Waals surface area contributed by atoms with Crippen LogP contribution in [0.4, 0.5) is 13.2 Å². The monoisotopic (exact) mass is 410 g/mol. The lowest BCUT2D eigenvalue weighted by atomic mass is 10.0. The normalized spacial score (nSPS) is 16.9. The standard InChI is InChI=1S/C16H21F3N2O5S/c17-16(18,19)26-12-3-5-13(6-4-12)27(24,25)21-10-7-14(22)20-11-15(23)8-1-2-9-15/h3-6,21,23H,1-2,7-11H2,(H,20,22). The number of aliphatic hydroxyl groups is 1. The van der Waals surface area contributed by atoms with Gasteiger partial charge in [-0.05, 0) is 37.1 Å². The second-order valence-electron chi connectivity index (χ2n) is 6.38. The van der Waals surface area contributed by atoms with Crippen LogP contribution < -0.4 is 14.8 Å². The highest BCUT2D eigenvalue weighted by atomic mass is 32.2. The van der Waals surface area contributed by atoms with Crippen LogP contribution in [0.1, 0.15) is 32.1 Å². The van der Waals surface area contributed by atoms with Crippen molar-refractivity contribution in [3.63, 3.8) is 0 Å². The Morgan fingerprint density at radius 3 is 2.33 bits per heavy atom. The highest BCUT2D eigenvalue weighted by molar-refractivity contribution is 7.89. The van der Waals surface area contributed by atoms with E-state index in [1.165, 1.54) is 0 Å². The van der Waals surface area contributed by atoms with Crippen LogP contribution in [0.25, 0.3) is 0 Å². The highest BCUT2D eigenvalue weighted by Gasteiger charge is 2.32. The van der Waals surface area contributed by atoms with Crippen molar-refractivity contribution in [2.75, 3.05) is 13.1 Å². The van der Waals surface area contributed by atoms with E-state index in [9.17, 15) is 31.5 Å². The molecule has 1 aliphatic carbocycles. The zero-order valence-electron chi connectivity index (χ0n) is 14.4. The van der Waals surface area contributed by atoms with E-state index in [0.717, 1.165) is 37.1 Å². The molecular weight excluding hydrogens is 389 g/mol. The van der Waals surface area contributed by atoms with Crippen LogP contribution in [-0.2, 0) is 14.8 Å².